The quantitative estimate of drug-likeness (QED) is 0.793. The van der Waals surface area contributed by atoms with Gasteiger partial charge in [0.25, 0.3) is 0 Å². The Hall–Kier alpha value is -2.43. The lowest BCUT2D eigenvalue weighted by Gasteiger charge is -2.10. The summed E-state index contributed by atoms with van der Waals surface area (Å²) in [4.78, 5) is 11.4. The summed E-state index contributed by atoms with van der Waals surface area (Å²) < 4.78 is 20.6. The van der Waals surface area contributed by atoms with E-state index in [4.69, 9.17) is 13.9 Å². The fourth-order valence-electron chi connectivity index (χ4n) is 1.78. The molecule has 0 N–H and O–H groups in total. The van der Waals surface area contributed by atoms with Gasteiger partial charge in [-0.15, -0.1) is 0 Å². The maximum Gasteiger partial charge on any atom is 0.373 e. The molecule has 2 rings (SSSR count). The molecule has 0 fully saturated rings. The van der Waals surface area contributed by atoms with Gasteiger partial charge in [-0.25, -0.2) is 4.79 Å². The minimum absolute atomic E-state index is 0.130. The molecule has 0 unspecified atom stereocenters. The third kappa shape index (κ3) is 2.40. The minimum Gasteiger partial charge on any atom is -0.496 e. The molecular formula is C14H14O5. The number of methoxy groups -OCH3 is 3. The van der Waals surface area contributed by atoms with Crippen LogP contribution in [0.15, 0.2) is 34.7 Å². The zero-order chi connectivity index (χ0) is 13.8. The van der Waals surface area contributed by atoms with Crippen molar-refractivity contribution in [3.05, 3.63) is 36.1 Å². The highest BCUT2D eigenvalue weighted by atomic mass is 16.5. The number of hydrogen-bond donors (Lipinski definition) is 0. The lowest BCUT2D eigenvalue weighted by Crippen LogP contribution is -1.98. The van der Waals surface area contributed by atoms with E-state index >= 15 is 0 Å². The van der Waals surface area contributed by atoms with Crippen LogP contribution in [0.1, 0.15) is 10.6 Å². The van der Waals surface area contributed by atoms with Gasteiger partial charge in [-0.3, -0.25) is 0 Å². The lowest BCUT2D eigenvalue weighted by molar-refractivity contribution is 0.0566. The summed E-state index contributed by atoms with van der Waals surface area (Å²) in [5.74, 6) is 1.29. The molecule has 0 saturated heterocycles. The van der Waals surface area contributed by atoms with E-state index in [1.54, 1.807) is 38.5 Å². The third-order valence-corrected chi connectivity index (χ3v) is 2.67. The van der Waals surface area contributed by atoms with Crippen molar-refractivity contribution in [2.45, 2.75) is 0 Å². The van der Waals surface area contributed by atoms with Gasteiger partial charge in [-0.2, -0.15) is 0 Å². The number of carbonyl (C=O) groups excluding carboxylic acids is 1. The SMILES string of the molecule is COC(=O)c1ccc(-c2c(OC)cccc2OC)o1. The molecule has 100 valence electrons. The maximum atomic E-state index is 11.4. The van der Waals surface area contributed by atoms with Crippen LogP contribution in [0.2, 0.25) is 0 Å². The third-order valence-electron chi connectivity index (χ3n) is 2.67. The fourth-order valence-corrected chi connectivity index (χ4v) is 1.78. The summed E-state index contributed by atoms with van der Waals surface area (Å²) in [5.41, 5.74) is 0.655. The van der Waals surface area contributed by atoms with E-state index in [2.05, 4.69) is 4.74 Å². The van der Waals surface area contributed by atoms with Gasteiger partial charge in [0.2, 0.25) is 5.76 Å². The summed E-state index contributed by atoms with van der Waals surface area (Å²) in [6, 6.07) is 8.61. The van der Waals surface area contributed by atoms with Crippen LogP contribution in [-0.4, -0.2) is 27.3 Å². The Morgan fingerprint density at radius 3 is 2.16 bits per heavy atom. The van der Waals surface area contributed by atoms with E-state index in [1.807, 2.05) is 6.07 Å². The molecule has 0 radical (unpaired) electrons. The molecule has 5 nitrogen and oxygen atoms in total. The van der Waals surface area contributed by atoms with Gasteiger partial charge >= 0.3 is 5.97 Å². The van der Waals surface area contributed by atoms with Crippen LogP contribution in [0, 0.1) is 0 Å². The molecule has 1 heterocycles. The van der Waals surface area contributed by atoms with Crippen LogP contribution in [-0.2, 0) is 4.74 Å². The summed E-state index contributed by atoms with van der Waals surface area (Å²) in [5, 5.41) is 0. The van der Waals surface area contributed by atoms with Gasteiger partial charge in [-0.05, 0) is 24.3 Å². The number of ether oxygens (including phenoxy) is 3. The molecule has 5 heteroatoms. The van der Waals surface area contributed by atoms with Crippen molar-refractivity contribution in [3.63, 3.8) is 0 Å². The van der Waals surface area contributed by atoms with E-state index in [-0.39, 0.29) is 5.76 Å². The molecule has 2 aromatic rings. The lowest BCUT2D eigenvalue weighted by atomic mass is 10.1. The smallest absolute Gasteiger partial charge is 0.373 e. The van der Waals surface area contributed by atoms with Crippen molar-refractivity contribution in [3.8, 4) is 22.8 Å². The number of hydrogen-bond acceptors (Lipinski definition) is 5. The van der Waals surface area contributed by atoms with Crippen LogP contribution < -0.4 is 9.47 Å². The topological polar surface area (TPSA) is 57.9 Å². The van der Waals surface area contributed by atoms with Gasteiger partial charge in [0.1, 0.15) is 22.8 Å². The molecule has 1 aromatic carbocycles. The first-order chi connectivity index (χ1) is 9.21. The average Bonchev–Trinajstić information content (AvgIpc) is 2.94. The van der Waals surface area contributed by atoms with Gasteiger partial charge in [0, 0.05) is 0 Å². The highest BCUT2D eigenvalue weighted by Crippen LogP contribution is 2.38. The summed E-state index contributed by atoms with van der Waals surface area (Å²) in [6.45, 7) is 0. The van der Waals surface area contributed by atoms with Gasteiger partial charge in [0.05, 0.1) is 21.3 Å². The number of esters is 1. The molecule has 0 aliphatic rings. The van der Waals surface area contributed by atoms with E-state index in [0.29, 0.717) is 22.8 Å². The number of furan rings is 1. The molecular weight excluding hydrogens is 248 g/mol. The molecule has 0 saturated carbocycles. The highest BCUT2D eigenvalue weighted by Gasteiger charge is 2.18. The summed E-state index contributed by atoms with van der Waals surface area (Å²) in [6.07, 6.45) is 0. The van der Waals surface area contributed by atoms with Crippen molar-refractivity contribution in [2.75, 3.05) is 21.3 Å². The van der Waals surface area contributed by atoms with E-state index in [0.717, 1.165) is 0 Å². The molecule has 19 heavy (non-hydrogen) atoms. The number of benzene rings is 1. The normalized spacial score (nSPS) is 10.1. The van der Waals surface area contributed by atoms with E-state index in [9.17, 15) is 4.79 Å². The first kappa shape index (κ1) is 13.0. The molecule has 0 aliphatic carbocycles. The van der Waals surface area contributed by atoms with Crippen molar-refractivity contribution in [1.29, 1.82) is 0 Å². The fraction of sp³-hybridized carbons (Fsp3) is 0.214. The Balaban J connectivity index is 2.51. The van der Waals surface area contributed by atoms with Gasteiger partial charge in [-0.1, -0.05) is 6.07 Å². The Morgan fingerprint density at radius 1 is 1.00 bits per heavy atom. The Kier molecular flexibility index (Phi) is 3.75. The van der Waals surface area contributed by atoms with E-state index < -0.39 is 5.97 Å². The van der Waals surface area contributed by atoms with Crippen LogP contribution in [0.3, 0.4) is 0 Å². The standard InChI is InChI=1S/C14H14O5/c1-16-9-5-4-6-10(17-2)13(9)11-7-8-12(19-11)14(15)18-3/h4-8H,1-3H3. The summed E-state index contributed by atoms with van der Waals surface area (Å²) >= 11 is 0. The second kappa shape index (κ2) is 5.48. The molecule has 0 bridgehead atoms. The zero-order valence-electron chi connectivity index (χ0n) is 10.9. The zero-order valence-corrected chi connectivity index (χ0v) is 10.9. The predicted molar refractivity (Wildman–Crippen MR) is 68.6 cm³/mol. The maximum absolute atomic E-state index is 11.4. The monoisotopic (exact) mass is 262 g/mol. The van der Waals surface area contributed by atoms with Crippen molar-refractivity contribution >= 4 is 5.97 Å². The van der Waals surface area contributed by atoms with Crippen LogP contribution in [0.25, 0.3) is 11.3 Å². The Labute approximate surface area is 110 Å². The van der Waals surface area contributed by atoms with Crippen LogP contribution in [0.5, 0.6) is 11.5 Å². The molecule has 0 amide bonds. The van der Waals surface area contributed by atoms with E-state index in [1.165, 1.54) is 7.11 Å². The van der Waals surface area contributed by atoms with Crippen molar-refractivity contribution < 1.29 is 23.4 Å². The number of carbonyl (C=O) groups is 1. The van der Waals surface area contributed by atoms with Crippen molar-refractivity contribution in [2.24, 2.45) is 0 Å². The second-order valence-corrected chi connectivity index (χ2v) is 3.69. The molecule has 0 atom stereocenters. The predicted octanol–water partition coefficient (Wildman–Crippen LogP) is 2.75. The van der Waals surface area contributed by atoms with Gasteiger partial charge in [0.15, 0.2) is 0 Å². The minimum atomic E-state index is -0.528. The first-order valence-electron chi connectivity index (χ1n) is 5.60. The van der Waals surface area contributed by atoms with Crippen molar-refractivity contribution in [1.82, 2.24) is 0 Å². The van der Waals surface area contributed by atoms with Crippen LogP contribution in [0.4, 0.5) is 0 Å². The molecule has 1 aromatic heterocycles. The molecule has 0 spiro atoms. The Morgan fingerprint density at radius 2 is 1.63 bits per heavy atom. The van der Waals surface area contributed by atoms with Crippen LogP contribution >= 0.6 is 0 Å². The molecule has 0 aliphatic heterocycles. The summed E-state index contributed by atoms with van der Waals surface area (Å²) in [7, 11) is 4.42. The average molecular weight is 262 g/mol. The largest absolute Gasteiger partial charge is 0.496 e. The second-order valence-electron chi connectivity index (χ2n) is 3.69. The van der Waals surface area contributed by atoms with Gasteiger partial charge < -0.3 is 18.6 Å². The Bertz CT molecular complexity index is 563. The number of rotatable bonds is 4. The first-order valence-corrected chi connectivity index (χ1v) is 5.60. The highest BCUT2D eigenvalue weighted by molar-refractivity contribution is 5.87.